The van der Waals surface area contributed by atoms with E-state index >= 15 is 0 Å². The van der Waals surface area contributed by atoms with Crippen LogP contribution in [0.3, 0.4) is 0 Å². The summed E-state index contributed by atoms with van der Waals surface area (Å²) in [7, 11) is 0. The number of nitrogens with zero attached hydrogens (tertiary/aromatic N) is 5. The first-order chi connectivity index (χ1) is 16.8. The minimum Gasteiger partial charge on any atom is -0.384 e. The molecule has 0 aliphatic carbocycles. The molecule has 0 atom stereocenters. The first-order valence-electron chi connectivity index (χ1n) is 11.6. The number of morpholine rings is 1. The number of pyridine rings is 3. The molecule has 4 aromatic heterocycles. The van der Waals surface area contributed by atoms with E-state index in [9.17, 15) is 9.90 Å². The normalized spacial score (nSPS) is 14.3. The third-order valence-electron chi connectivity index (χ3n) is 6.12. The van der Waals surface area contributed by atoms with E-state index in [0.29, 0.717) is 30.2 Å². The molecule has 9 heteroatoms. The molecule has 2 N–H and O–H groups in total. The molecule has 5 heterocycles. The molecule has 0 saturated carbocycles. The highest BCUT2D eigenvalue weighted by Crippen LogP contribution is 2.31. The Morgan fingerprint density at radius 1 is 1.11 bits per heavy atom. The van der Waals surface area contributed by atoms with Crippen molar-refractivity contribution in [1.29, 1.82) is 0 Å². The number of ether oxygens (including phenoxy) is 1. The zero-order valence-electron chi connectivity index (χ0n) is 20.0. The van der Waals surface area contributed by atoms with Crippen LogP contribution in [0.2, 0.25) is 0 Å². The highest BCUT2D eigenvalue weighted by molar-refractivity contribution is 6.04. The van der Waals surface area contributed by atoms with Gasteiger partial charge in [0.1, 0.15) is 5.60 Å². The highest BCUT2D eigenvalue weighted by Gasteiger charge is 2.20. The zero-order valence-corrected chi connectivity index (χ0v) is 20.0. The van der Waals surface area contributed by atoms with Gasteiger partial charge in [-0.3, -0.25) is 14.8 Å². The lowest BCUT2D eigenvalue weighted by Crippen LogP contribution is -2.36. The Labute approximate surface area is 203 Å². The molecule has 4 aromatic rings. The standard InChI is InChI=1S/C26H28N6O3/c1-17-21(19-12-22(31-8-10-35-11-9-31)24-28-6-7-32(24)16-19)14-20(15-29-17)30-25(33)18-4-5-27-23(13-18)26(2,3)34/h4-7,12-16,34H,8-11H2,1-3H3,(H,30,33). The first-order valence-corrected chi connectivity index (χ1v) is 11.6. The van der Waals surface area contributed by atoms with E-state index in [2.05, 4.69) is 31.2 Å². The molecule has 35 heavy (non-hydrogen) atoms. The van der Waals surface area contributed by atoms with Crippen LogP contribution in [0.25, 0.3) is 16.8 Å². The van der Waals surface area contributed by atoms with Gasteiger partial charge in [0.25, 0.3) is 5.91 Å². The summed E-state index contributed by atoms with van der Waals surface area (Å²) >= 11 is 0. The van der Waals surface area contributed by atoms with Crippen molar-refractivity contribution in [3.05, 3.63) is 72.2 Å². The van der Waals surface area contributed by atoms with Crippen molar-refractivity contribution >= 4 is 22.9 Å². The molecule has 1 aliphatic heterocycles. The van der Waals surface area contributed by atoms with E-state index in [0.717, 1.165) is 41.2 Å². The Bertz CT molecular complexity index is 1390. The Morgan fingerprint density at radius 3 is 2.69 bits per heavy atom. The van der Waals surface area contributed by atoms with Gasteiger partial charge in [0.2, 0.25) is 0 Å². The highest BCUT2D eigenvalue weighted by atomic mass is 16.5. The average Bonchev–Trinajstić information content (AvgIpc) is 3.33. The van der Waals surface area contributed by atoms with Crippen molar-refractivity contribution in [1.82, 2.24) is 19.4 Å². The number of anilines is 2. The summed E-state index contributed by atoms with van der Waals surface area (Å²) in [4.78, 5) is 28.5. The molecule has 5 rings (SSSR count). The Hall–Kier alpha value is -3.82. The summed E-state index contributed by atoms with van der Waals surface area (Å²) < 4.78 is 7.54. The maximum Gasteiger partial charge on any atom is 0.255 e. The number of amides is 1. The fraction of sp³-hybridized carbons (Fsp3) is 0.308. The summed E-state index contributed by atoms with van der Waals surface area (Å²) in [6.45, 7) is 8.19. The number of aryl methyl sites for hydroxylation is 1. The van der Waals surface area contributed by atoms with Crippen LogP contribution < -0.4 is 10.2 Å². The van der Waals surface area contributed by atoms with E-state index in [1.807, 2.05) is 29.8 Å². The molecule has 1 amide bonds. The van der Waals surface area contributed by atoms with Gasteiger partial charge in [-0.25, -0.2) is 4.98 Å². The lowest BCUT2D eigenvalue weighted by atomic mass is 10.0. The van der Waals surface area contributed by atoms with Gasteiger partial charge in [-0.1, -0.05) is 0 Å². The molecule has 0 unspecified atom stereocenters. The Kier molecular flexibility index (Phi) is 5.96. The molecule has 0 aromatic carbocycles. The van der Waals surface area contributed by atoms with E-state index < -0.39 is 5.60 Å². The van der Waals surface area contributed by atoms with Gasteiger partial charge in [0, 0.05) is 60.3 Å². The van der Waals surface area contributed by atoms with Crippen LogP contribution in [-0.2, 0) is 10.3 Å². The van der Waals surface area contributed by atoms with Crippen LogP contribution in [0.1, 0.15) is 35.6 Å². The molecule has 1 saturated heterocycles. The summed E-state index contributed by atoms with van der Waals surface area (Å²) in [5.41, 5.74) is 4.96. The predicted molar refractivity (Wildman–Crippen MR) is 134 cm³/mol. The number of nitrogens with one attached hydrogen (secondary N) is 1. The summed E-state index contributed by atoms with van der Waals surface area (Å²) in [6, 6.07) is 7.27. The van der Waals surface area contributed by atoms with Crippen molar-refractivity contribution in [2.24, 2.45) is 0 Å². The SMILES string of the molecule is Cc1ncc(NC(=O)c2ccnc(C(C)(C)O)c2)cc1-c1cc(N2CCOCC2)c2nccn2c1. The van der Waals surface area contributed by atoms with Gasteiger partial charge in [0.05, 0.1) is 36.5 Å². The molecule has 1 aliphatic rings. The van der Waals surface area contributed by atoms with Crippen molar-refractivity contribution in [3.8, 4) is 11.1 Å². The van der Waals surface area contributed by atoms with E-state index in [4.69, 9.17) is 4.74 Å². The molecule has 0 spiro atoms. The second kappa shape index (κ2) is 9.09. The minimum atomic E-state index is -1.14. The molecule has 0 radical (unpaired) electrons. The number of hydrogen-bond donors (Lipinski definition) is 2. The second-order valence-corrected chi connectivity index (χ2v) is 9.17. The zero-order chi connectivity index (χ0) is 24.6. The lowest BCUT2D eigenvalue weighted by molar-refractivity contribution is 0.0737. The van der Waals surface area contributed by atoms with Gasteiger partial charge in [-0.05, 0) is 45.0 Å². The summed E-state index contributed by atoms with van der Waals surface area (Å²) in [5, 5.41) is 13.2. The van der Waals surface area contributed by atoms with Crippen LogP contribution in [0, 0.1) is 6.92 Å². The minimum absolute atomic E-state index is 0.298. The number of carbonyl (C=O) groups is 1. The monoisotopic (exact) mass is 472 g/mol. The van der Waals surface area contributed by atoms with Crippen LogP contribution >= 0.6 is 0 Å². The predicted octanol–water partition coefficient (Wildman–Crippen LogP) is 3.42. The van der Waals surface area contributed by atoms with Crippen molar-refractivity contribution in [2.75, 3.05) is 36.5 Å². The fourth-order valence-corrected chi connectivity index (χ4v) is 4.20. The van der Waals surface area contributed by atoms with Crippen molar-refractivity contribution in [2.45, 2.75) is 26.4 Å². The fourth-order valence-electron chi connectivity index (χ4n) is 4.20. The number of aliphatic hydroxyl groups is 1. The molecular weight excluding hydrogens is 444 g/mol. The van der Waals surface area contributed by atoms with E-state index in [1.54, 1.807) is 38.4 Å². The summed E-state index contributed by atoms with van der Waals surface area (Å²) in [5.74, 6) is -0.298. The average molecular weight is 473 g/mol. The summed E-state index contributed by atoms with van der Waals surface area (Å²) in [6.07, 6.45) is 8.92. The van der Waals surface area contributed by atoms with Crippen molar-refractivity contribution in [3.63, 3.8) is 0 Å². The maximum atomic E-state index is 12.9. The number of carbonyl (C=O) groups excluding carboxylic acids is 1. The van der Waals surface area contributed by atoms with E-state index in [1.165, 1.54) is 6.20 Å². The van der Waals surface area contributed by atoms with Crippen molar-refractivity contribution < 1.29 is 14.6 Å². The molecular formula is C26H28N6O3. The number of imidazole rings is 1. The quantitative estimate of drug-likeness (QED) is 0.459. The smallest absolute Gasteiger partial charge is 0.255 e. The van der Waals surface area contributed by atoms with Crippen LogP contribution in [0.4, 0.5) is 11.4 Å². The Balaban J connectivity index is 1.48. The third-order valence-corrected chi connectivity index (χ3v) is 6.12. The molecule has 180 valence electrons. The Morgan fingerprint density at radius 2 is 1.91 bits per heavy atom. The van der Waals surface area contributed by atoms with Gasteiger partial charge in [0.15, 0.2) is 5.65 Å². The first kappa shape index (κ1) is 22.9. The molecule has 0 bridgehead atoms. The van der Waals surface area contributed by atoms with Crippen LogP contribution in [0.5, 0.6) is 0 Å². The van der Waals surface area contributed by atoms with Crippen LogP contribution in [-0.4, -0.2) is 56.7 Å². The number of aromatic nitrogens is 4. The van der Waals surface area contributed by atoms with Gasteiger partial charge >= 0.3 is 0 Å². The molecule has 1 fully saturated rings. The topological polar surface area (TPSA) is 105 Å². The number of rotatable bonds is 5. The van der Waals surface area contributed by atoms with Gasteiger partial charge in [-0.15, -0.1) is 0 Å². The van der Waals surface area contributed by atoms with Gasteiger partial charge < -0.3 is 24.5 Å². The maximum absolute atomic E-state index is 12.9. The lowest BCUT2D eigenvalue weighted by Gasteiger charge is -2.29. The second-order valence-electron chi connectivity index (χ2n) is 9.17. The van der Waals surface area contributed by atoms with Crippen LogP contribution in [0.15, 0.2) is 55.2 Å². The largest absolute Gasteiger partial charge is 0.384 e. The number of hydrogen-bond acceptors (Lipinski definition) is 7. The van der Waals surface area contributed by atoms with Gasteiger partial charge in [-0.2, -0.15) is 0 Å². The van der Waals surface area contributed by atoms with E-state index in [-0.39, 0.29) is 5.91 Å². The third kappa shape index (κ3) is 4.73. The molecule has 9 nitrogen and oxygen atoms in total. The number of fused-ring (bicyclic) bond motifs is 1.